The number of nitrogens with zero attached hydrogens (tertiary/aromatic N) is 2. The maximum absolute atomic E-state index is 13.3. The monoisotopic (exact) mass is 450 g/mol. The predicted molar refractivity (Wildman–Crippen MR) is 110 cm³/mol. The highest BCUT2D eigenvalue weighted by Gasteiger charge is 2.19. The third-order valence-electron chi connectivity index (χ3n) is 3.83. The molecule has 2 aromatic carbocycles. The second-order valence-electron chi connectivity index (χ2n) is 6.11. The predicted octanol–water partition coefficient (Wildman–Crippen LogP) is 4.36. The molecule has 0 aliphatic heterocycles. The summed E-state index contributed by atoms with van der Waals surface area (Å²) in [6, 6.07) is 10.9. The van der Waals surface area contributed by atoms with Gasteiger partial charge in [-0.25, -0.2) is 13.4 Å². The molecule has 1 amide bonds. The normalized spacial score (nSPS) is 12.7. The molecule has 0 saturated carbocycles. The number of benzene rings is 2. The van der Waals surface area contributed by atoms with Crippen LogP contribution in [0.15, 0.2) is 53.4 Å². The Morgan fingerprint density at radius 1 is 1.20 bits per heavy atom. The van der Waals surface area contributed by atoms with E-state index in [1.165, 1.54) is 37.6 Å². The van der Waals surface area contributed by atoms with Crippen LogP contribution in [0.5, 0.6) is 17.5 Å². The van der Waals surface area contributed by atoms with Gasteiger partial charge in [0, 0.05) is 22.9 Å². The molecule has 1 unspecified atom stereocenters. The van der Waals surface area contributed by atoms with E-state index >= 15 is 0 Å². The van der Waals surface area contributed by atoms with Crippen molar-refractivity contribution in [2.45, 2.75) is 4.90 Å². The fourth-order valence-corrected chi connectivity index (χ4v) is 3.27. The average Bonchev–Trinajstić information content (AvgIpc) is 2.70. The van der Waals surface area contributed by atoms with Crippen LogP contribution in [0, 0.1) is 10.6 Å². The van der Waals surface area contributed by atoms with Crippen molar-refractivity contribution in [3.8, 4) is 17.5 Å². The summed E-state index contributed by atoms with van der Waals surface area (Å²) in [4.78, 5) is 13.1. The highest BCUT2D eigenvalue weighted by atomic mass is 35.5. The molecule has 1 heterocycles. The maximum atomic E-state index is 13.3. The summed E-state index contributed by atoms with van der Waals surface area (Å²) in [5, 5.41) is 10.2. The number of ether oxygens (including phenoxy) is 2. The first-order chi connectivity index (χ1) is 14.2. The first kappa shape index (κ1) is 21.5. The largest absolute Gasteiger partial charge is 0.480 e. The van der Waals surface area contributed by atoms with Crippen molar-refractivity contribution >= 4 is 32.9 Å². The number of hydrogen-bond acceptors (Lipinski definition) is 7. The molecule has 30 heavy (non-hydrogen) atoms. The third-order valence-corrected chi connectivity index (χ3v) is 5.28. The molecule has 8 nitrogen and oxygen atoms in total. The zero-order valence-electron chi connectivity index (χ0n) is 15.8. The molecule has 1 aromatic heterocycles. The first-order valence-electron chi connectivity index (χ1n) is 8.37. The van der Waals surface area contributed by atoms with Crippen LogP contribution in [0.3, 0.4) is 0 Å². The second-order valence-corrected chi connectivity index (χ2v) is 8.67. The third kappa shape index (κ3) is 5.02. The number of hydrogen-bond donors (Lipinski definition) is 2. The number of nitrogens with one attached hydrogen (secondary N) is 2. The van der Waals surface area contributed by atoms with Gasteiger partial charge in [0.2, 0.25) is 5.88 Å². The van der Waals surface area contributed by atoms with Gasteiger partial charge >= 0.3 is 0 Å². The highest BCUT2D eigenvalue weighted by molar-refractivity contribution is 7.91. The molecule has 0 saturated heterocycles. The number of rotatable bonds is 6. The molecule has 2 N–H and O–H groups in total. The highest BCUT2D eigenvalue weighted by Crippen LogP contribution is 2.31. The van der Waals surface area contributed by atoms with Crippen LogP contribution in [0.1, 0.15) is 10.4 Å². The maximum Gasteiger partial charge on any atom is 0.261 e. The van der Waals surface area contributed by atoms with Crippen molar-refractivity contribution in [1.82, 2.24) is 10.2 Å². The van der Waals surface area contributed by atoms with Crippen LogP contribution >= 0.6 is 11.6 Å². The lowest BCUT2D eigenvalue weighted by Gasteiger charge is -2.12. The second kappa shape index (κ2) is 8.64. The van der Waals surface area contributed by atoms with Gasteiger partial charge in [-0.15, -0.1) is 10.2 Å². The van der Waals surface area contributed by atoms with Gasteiger partial charge in [-0.1, -0.05) is 17.7 Å². The van der Waals surface area contributed by atoms with Crippen molar-refractivity contribution < 1.29 is 22.9 Å². The molecule has 11 heteroatoms. The summed E-state index contributed by atoms with van der Waals surface area (Å²) >= 11 is 5.98. The van der Waals surface area contributed by atoms with Gasteiger partial charge in [-0.05, 0) is 36.4 Å². The Labute approximate surface area is 177 Å². The van der Waals surface area contributed by atoms with Gasteiger partial charge < -0.3 is 14.8 Å². The molecule has 0 radical (unpaired) electrons. The van der Waals surface area contributed by atoms with E-state index in [9.17, 15) is 13.4 Å². The number of halogens is 2. The minimum atomic E-state index is -2.96. The fourth-order valence-electron chi connectivity index (χ4n) is 2.38. The average molecular weight is 451 g/mol. The lowest BCUT2D eigenvalue weighted by molar-refractivity contribution is 0.102. The van der Waals surface area contributed by atoms with Crippen LogP contribution in [0.2, 0.25) is 5.02 Å². The van der Waals surface area contributed by atoms with Gasteiger partial charge in [0.05, 0.1) is 21.9 Å². The molecule has 0 bridgehead atoms. The van der Waals surface area contributed by atoms with Crippen molar-refractivity contribution in [1.29, 1.82) is 4.78 Å². The standard InChI is InChI=1S/C19H16ClFN4O4S/c1-28-17-10-14(18(26)23-12-4-3-5-13(9-12)30(2,22)27)19(25-24-17)29-16-7-6-11(21)8-15(16)20/h3-10,22H,1-2H3,(H,23,26). The summed E-state index contributed by atoms with van der Waals surface area (Å²) in [5.74, 6) is -1.21. The van der Waals surface area contributed by atoms with E-state index in [0.29, 0.717) is 5.69 Å². The lowest BCUT2D eigenvalue weighted by atomic mass is 10.2. The van der Waals surface area contributed by atoms with Gasteiger partial charge in [0.1, 0.15) is 17.1 Å². The van der Waals surface area contributed by atoms with Crippen molar-refractivity contribution in [2.24, 2.45) is 0 Å². The number of amides is 1. The Bertz CT molecular complexity index is 1220. The van der Waals surface area contributed by atoms with Gasteiger partial charge in [-0.3, -0.25) is 4.79 Å². The van der Waals surface area contributed by atoms with Crippen molar-refractivity contribution in [3.63, 3.8) is 0 Å². The minimum absolute atomic E-state index is 0.0140. The van der Waals surface area contributed by atoms with Crippen LogP contribution in [-0.4, -0.2) is 33.7 Å². The summed E-state index contributed by atoms with van der Waals surface area (Å²) < 4.78 is 43.5. The molecule has 156 valence electrons. The molecular weight excluding hydrogens is 435 g/mol. The smallest absolute Gasteiger partial charge is 0.261 e. The molecular formula is C19H16ClFN4O4S. The summed E-state index contributed by atoms with van der Waals surface area (Å²) in [7, 11) is -1.60. The van der Waals surface area contributed by atoms with Gasteiger partial charge in [0.25, 0.3) is 11.8 Å². The molecule has 3 aromatic rings. The summed E-state index contributed by atoms with van der Waals surface area (Å²) in [6.07, 6.45) is 1.28. The number of anilines is 1. The van der Waals surface area contributed by atoms with Gasteiger partial charge in [-0.2, -0.15) is 0 Å². The van der Waals surface area contributed by atoms with E-state index in [0.717, 1.165) is 12.1 Å². The quantitative estimate of drug-likeness (QED) is 0.576. The Morgan fingerprint density at radius 3 is 2.63 bits per heavy atom. The van der Waals surface area contributed by atoms with E-state index < -0.39 is 21.5 Å². The van der Waals surface area contributed by atoms with Crippen LogP contribution < -0.4 is 14.8 Å². The van der Waals surface area contributed by atoms with E-state index in [2.05, 4.69) is 15.5 Å². The molecule has 0 spiro atoms. The van der Waals surface area contributed by atoms with Crippen molar-refractivity contribution in [2.75, 3.05) is 18.7 Å². The van der Waals surface area contributed by atoms with E-state index in [4.69, 9.17) is 25.9 Å². The Morgan fingerprint density at radius 2 is 1.97 bits per heavy atom. The first-order valence-corrected chi connectivity index (χ1v) is 10.7. The molecule has 1 atom stereocenters. The topological polar surface area (TPSA) is 114 Å². The minimum Gasteiger partial charge on any atom is -0.480 e. The SMILES string of the molecule is COc1cc(C(=O)Nc2cccc(S(C)(=N)=O)c2)c(Oc2ccc(F)cc2Cl)nn1. The Kier molecular flexibility index (Phi) is 6.18. The van der Waals surface area contributed by atoms with Crippen molar-refractivity contribution in [3.05, 3.63) is 64.9 Å². The molecule has 3 rings (SSSR count). The number of carbonyl (C=O) groups is 1. The van der Waals surface area contributed by atoms with Crippen LogP contribution in [-0.2, 0) is 9.73 Å². The lowest BCUT2D eigenvalue weighted by Crippen LogP contribution is -2.15. The zero-order valence-corrected chi connectivity index (χ0v) is 17.4. The number of aromatic nitrogens is 2. The van der Waals surface area contributed by atoms with Gasteiger partial charge in [0.15, 0.2) is 0 Å². The molecule has 0 fully saturated rings. The molecule has 0 aliphatic rings. The van der Waals surface area contributed by atoms with E-state index in [-0.39, 0.29) is 33.0 Å². The van der Waals surface area contributed by atoms with Crippen LogP contribution in [0.4, 0.5) is 10.1 Å². The van der Waals surface area contributed by atoms with Crippen LogP contribution in [0.25, 0.3) is 0 Å². The summed E-state index contributed by atoms with van der Waals surface area (Å²) in [5.41, 5.74) is 0.289. The Balaban J connectivity index is 1.95. The Hall–Kier alpha value is -3.24. The van der Waals surface area contributed by atoms with E-state index in [1.807, 2.05) is 0 Å². The van der Waals surface area contributed by atoms with E-state index in [1.54, 1.807) is 12.1 Å². The number of carbonyl (C=O) groups excluding carboxylic acids is 1. The zero-order chi connectivity index (χ0) is 21.9. The fraction of sp³-hybridized carbons (Fsp3) is 0.105. The molecule has 0 aliphatic carbocycles. The summed E-state index contributed by atoms with van der Waals surface area (Å²) in [6.45, 7) is 0. The number of methoxy groups -OCH3 is 1.